The third-order valence-electron chi connectivity index (χ3n) is 2.94. The lowest BCUT2D eigenvalue weighted by molar-refractivity contribution is 1.44. The van der Waals surface area contributed by atoms with Crippen LogP contribution in [0.15, 0.2) is 47.4 Å². The van der Waals surface area contributed by atoms with Gasteiger partial charge in [0, 0.05) is 21.4 Å². The molecule has 0 spiro atoms. The number of hydrogen-bond donors (Lipinski definition) is 1. The van der Waals surface area contributed by atoms with Crippen LogP contribution in [0.4, 0.5) is 5.69 Å². The topological polar surface area (TPSA) is 38.9 Å². The summed E-state index contributed by atoms with van der Waals surface area (Å²) in [4.78, 5) is 5.99. The number of anilines is 1. The number of rotatable bonds is 2. The van der Waals surface area contributed by atoms with E-state index < -0.39 is 0 Å². The fraction of sp³-hybridized carbons (Fsp3) is 0.133. The van der Waals surface area contributed by atoms with Crippen molar-refractivity contribution in [2.45, 2.75) is 11.8 Å². The van der Waals surface area contributed by atoms with Gasteiger partial charge in [0.15, 0.2) is 0 Å². The lowest BCUT2D eigenvalue weighted by Gasteiger charge is -2.09. The second-order valence-corrected chi connectivity index (χ2v) is 5.44. The van der Waals surface area contributed by atoms with Crippen molar-refractivity contribution in [1.82, 2.24) is 4.98 Å². The highest BCUT2D eigenvalue weighted by atomic mass is 32.2. The molecule has 3 aromatic rings. The van der Waals surface area contributed by atoms with Crippen LogP contribution in [0.5, 0.6) is 0 Å². The zero-order chi connectivity index (χ0) is 12.5. The number of nitrogen functional groups attached to an aromatic ring is 1. The van der Waals surface area contributed by atoms with Crippen molar-refractivity contribution in [3.63, 3.8) is 0 Å². The number of fused-ring (bicyclic) bond motifs is 2. The molecule has 0 saturated carbocycles. The highest BCUT2D eigenvalue weighted by Gasteiger charge is 2.08. The summed E-state index contributed by atoms with van der Waals surface area (Å²) in [5.41, 5.74) is 8.62. The van der Waals surface area contributed by atoms with Crippen LogP contribution in [0.2, 0.25) is 0 Å². The molecular weight excluding hydrogens is 240 g/mol. The number of aromatic nitrogens is 1. The van der Waals surface area contributed by atoms with Crippen LogP contribution < -0.4 is 5.73 Å². The Morgan fingerprint density at radius 3 is 2.67 bits per heavy atom. The van der Waals surface area contributed by atoms with E-state index in [1.807, 2.05) is 30.0 Å². The van der Waals surface area contributed by atoms with E-state index in [2.05, 4.69) is 36.2 Å². The van der Waals surface area contributed by atoms with Crippen molar-refractivity contribution >= 4 is 39.3 Å². The number of benzene rings is 2. The quantitative estimate of drug-likeness (QED) is 0.425. The normalized spacial score (nSPS) is 11.2. The third kappa shape index (κ3) is 1.81. The monoisotopic (exact) mass is 254 g/mol. The van der Waals surface area contributed by atoms with Crippen molar-refractivity contribution < 1.29 is 0 Å². The summed E-state index contributed by atoms with van der Waals surface area (Å²) in [7, 11) is 0. The van der Waals surface area contributed by atoms with E-state index in [0.29, 0.717) is 0 Å². The molecule has 18 heavy (non-hydrogen) atoms. The standard InChI is InChI=1S/C15H14N2S/c1-2-18-15-11-5-3-4-6-13(11)17-14-9-10(16)7-8-12(14)15/h3-9H,2,16H2,1H3. The van der Waals surface area contributed by atoms with Crippen molar-refractivity contribution in [3.05, 3.63) is 42.5 Å². The molecule has 2 nitrogen and oxygen atoms in total. The third-order valence-corrected chi connectivity index (χ3v) is 3.96. The van der Waals surface area contributed by atoms with E-state index in [9.17, 15) is 0 Å². The van der Waals surface area contributed by atoms with Crippen LogP contribution in [-0.2, 0) is 0 Å². The molecule has 3 rings (SSSR count). The fourth-order valence-corrected chi connectivity index (χ4v) is 3.12. The molecule has 0 aliphatic carbocycles. The predicted octanol–water partition coefficient (Wildman–Crippen LogP) is 4.08. The molecule has 0 radical (unpaired) electrons. The van der Waals surface area contributed by atoms with E-state index in [1.165, 1.54) is 15.7 Å². The molecule has 0 aliphatic heterocycles. The van der Waals surface area contributed by atoms with Gasteiger partial charge < -0.3 is 5.73 Å². The van der Waals surface area contributed by atoms with Crippen LogP contribution in [0, 0.1) is 0 Å². The number of pyridine rings is 1. The molecule has 0 bridgehead atoms. The Bertz CT molecular complexity index is 722. The molecule has 0 aliphatic rings. The Kier molecular flexibility index (Phi) is 2.84. The Hall–Kier alpha value is -1.74. The number of nitrogens with two attached hydrogens (primary N) is 1. The number of hydrogen-bond acceptors (Lipinski definition) is 3. The maximum Gasteiger partial charge on any atom is 0.0741 e. The summed E-state index contributed by atoms with van der Waals surface area (Å²) in [5, 5.41) is 2.41. The van der Waals surface area contributed by atoms with Crippen molar-refractivity contribution in [2.24, 2.45) is 0 Å². The predicted molar refractivity (Wildman–Crippen MR) is 80.1 cm³/mol. The lowest BCUT2D eigenvalue weighted by Crippen LogP contribution is -1.90. The summed E-state index contributed by atoms with van der Waals surface area (Å²) in [6, 6.07) is 14.2. The molecule has 0 fully saturated rings. The highest BCUT2D eigenvalue weighted by Crippen LogP contribution is 2.34. The maximum absolute atomic E-state index is 5.85. The lowest BCUT2D eigenvalue weighted by atomic mass is 10.1. The van der Waals surface area contributed by atoms with Gasteiger partial charge in [-0.3, -0.25) is 0 Å². The molecule has 0 amide bonds. The number of thioether (sulfide) groups is 1. The van der Waals surface area contributed by atoms with Gasteiger partial charge in [0.1, 0.15) is 0 Å². The van der Waals surface area contributed by atoms with E-state index >= 15 is 0 Å². The van der Waals surface area contributed by atoms with Crippen LogP contribution in [0.1, 0.15) is 6.92 Å². The average molecular weight is 254 g/mol. The smallest absolute Gasteiger partial charge is 0.0741 e. The van der Waals surface area contributed by atoms with Crippen molar-refractivity contribution in [3.8, 4) is 0 Å². The summed E-state index contributed by atoms with van der Waals surface area (Å²) >= 11 is 1.86. The maximum atomic E-state index is 5.85. The van der Waals surface area contributed by atoms with Gasteiger partial charge in [-0.1, -0.05) is 25.1 Å². The first-order valence-electron chi connectivity index (χ1n) is 6.00. The molecule has 3 heteroatoms. The van der Waals surface area contributed by atoms with Crippen molar-refractivity contribution in [1.29, 1.82) is 0 Å². The van der Waals surface area contributed by atoms with Crippen LogP contribution in [-0.4, -0.2) is 10.7 Å². The molecule has 1 heterocycles. The van der Waals surface area contributed by atoms with Crippen LogP contribution in [0.25, 0.3) is 21.8 Å². The van der Waals surface area contributed by atoms with Gasteiger partial charge in [0.05, 0.1) is 11.0 Å². The van der Waals surface area contributed by atoms with E-state index in [0.717, 1.165) is 22.5 Å². The van der Waals surface area contributed by atoms with Gasteiger partial charge in [-0.2, -0.15) is 0 Å². The van der Waals surface area contributed by atoms with E-state index in [4.69, 9.17) is 5.73 Å². The Labute approximate surface area is 110 Å². The largest absolute Gasteiger partial charge is 0.399 e. The molecule has 2 N–H and O–H groups in total. The molecular formula is C15H14N2S. The Balaban J connectivity index is 2.45. The second kappa shape index (κ2) is 4.50. The molecule has 0 atom stereocenters. The number of nitrogens with zero attached hydrogens (tertiary/aromatic N) is 1. The molecule has 1 aromatic heterocycles. The fourth-order valence-electron chi connectivity index (χ4n) is 2.17. The molecule has 0 saturated heterocycles. The summed E-state index contributed by atoms with van der Waals surface area (Å²) in [6.45, 7) is 2.17. The van der Waals surface area contributed by atoms with Gasteiger partial charge in [-0.25, -0.2) is 4.98 Å². The first-order chi connectivity index (χ1) is 8.79. The highest BCUT2D eigenvalue weighted by molar-refractivity contribution is 7.99. The summed E-state index contributed by atoms with van der Waals surface area (Å²) in [6.07, 6.45) is 0. The Morgan fingerprint density at radius 1 is 1.06 bits per heavy atom. The van der Waals surface area contributed by atoms with Crippen molar-refractivity contribution in [2.75, 3.05) is 11.5 Å². The zero-order valence-corrected chi connectivity index (χ0v) is 11.0. The minimum absolute atomic E-state index is 0.762. The zero-order valence-electron chi connectivity index (χ0n) is 10.2. The molecule has 0 unspecified atom stereocenters. The SMILES string of the molecule is CCSc1c2ccccc2nc2cc(N)ccc12. The van der Waals surface area contributed by atoms with Gasteiger partial charge in [0.25, 0.3) is 0 Å². The first-order valence-corrected chi connectivity index (χ1v) is 6.99. The van der Waals surface area contributed by atoms with E-state index in [1.54, 1.807) is 0 Å². The molecule has 90 valence electrons. The first kappa shape index (κ1) is 11.4. The Morgan fingerprint density at radius 2 is 1.83 bits per heavy atom. The van der Waals surface area contributed by atoms with Gasteiger partial charge in [0.2, 0.25) is 0 Å². The van der Waals surface area contributed by atoms with E-state index in [-0.39, 0.29) is 0 Å². The van der Waals surface area contributed by atoms with Crippen LogP contribution in [0.3, 0.4) is 0 Å². The molecule has 2 aromatic carbocycles. The summed E-state index contributed by atoms with van der Waals surface area (Å²) < 4.78 is 0. The van der Waals surface area contributed by atoms with Gasteiger partial charge >= 0.3 is 0 Å². The van der Waals surface area contributed by atoms with Crippen LogP contribution >= 0.6 is 11.8 Å². The minimum atomic E-state index is 0.762. The second-order valence-electron chi connectivity index (χ2n) is 4.17. The minimum Gasteiger partial charge on any atom is -0.399 e. The average Bonchev–Trinajstić information content (AvgIpc) is 2.38. The van der Waals surface area contributed by atoms with Gasteiger partial charge in [-0.05, 0) is 30.0 Å². The number of para-hydroxylation sites is 1. The van der Waals surface area contributed by atoms with Gasteiger partial charge in [-0.15, -0.1) is 11.8 Å². The summed E-state index contributed by atoms with van der Waals surface area (Å²) in [5.74, 6) is 1.05.